The molecule has 8 heteroatoms. The molecule has 1 aromatic heterocycles. The third-order valence-electron chi connectivity index (χ3n) is 5.29. The fraction of sp³-hybridized carbons (Fsp3) is 0.444. The quantitative estimate of drug-likeness (QED) is 0.881. The summed E-state index contributed by atoms with van der Waals surface area (Å²) >= 11 is 0. The Morgan fingerprint density at radius 3 is 2.69 bits per heavy atom. The molecule has 0 fully saturated rings. The molecule has 26 heavy (non-hydrogen) atoms. The van der Waals surface area contributed by atoms with E-state index in [0.717, 1.165) is 40.4 Å². The van der Waals surface area contributed by atoms with E-state index >= 15 is 0 Å². The highest BCUT2D eigenvalue weighted by Crippen LogP contribution is 2.36. The van der Waals surface area contributed by atoms with E-state index in [0.29, 0.717) is 18.4 Å². The molecule has 1 unspecified atom stereocenters. The lowest BCUT2D eigenvalue weighted by atomic mass is 9.94. The van der Waals surface area contributed by atoms with E-state index < -0.39 is 22.0 Å². The normalized spacial score (nSPS) is 20.4. The summed E-state index contributed by atoms with van der Waals surface area (Å²) in [7, 11) is -2.35. The molecule has 4 rings (SSSR count). The van der Waals surface area contributed by atoms with Gasteiger partial charge in [0.15, 0.2) is 5.03 Å². The summed E-state index contributed by atoms with van der Waals surface area (Å²) in [5, 5.41) is 14.3. The molecule has 1 aliphatic heterocycles. The van der Waals surface area contributed by atoms with E-state index in [2.05, 4.69) is 5.10 Å². The molecule has 0 spiro atoms. The molecule has 2 aliphatic rings. The number of fused-ring (bicyclic) bond motifs is 2. The third-order valence-corrected chi connectivity index (χ3v) is 7.30. The lowest BCUT2D eigenvalue weighted by molar-refractivity contribution is -0.142. The Morgan fingerprint density at radius 1 is 1.19 bits per heavy atom. The van der Waals surface area contributed by atoms with Gasteiger partial charge in [0, 0.05) is 19.2 Å². The van der Waals surface area contributed by atoms with Gasteiger partial charge in [-0.15, -0.1) is 0 Å². The zero-order valence-corrected chi connectivity index (χ0v) is 15.4. The minimum absolute atomic E-state index is 0.149. The van der Waals surface area contributed by atoms with Crippen molar-refractivity contribution in [2.75, 3.05) is 6.54 Å². The van der Waals surface area contributed by atoms with Crippen molar-refractivity contribution in [2.24, 2.45) is 7.05 Å². The first-order chi connectivity index (χ1) is 12.4. The first-order valence-electron chi connectivity index (χ1n) is 8.78. The Labute approximate surface area is 152 Å². The van der Waals surface area contributed by atoms with E-state index in [1.165, 1.54) is 4.68 Å². The van der Waals surface area contributed by atoms with Crippen molar-refractivity contribution in [3.8, 4) is 0 Å². The number of carboxylic acids is 1. The van der Waals surface area contributed by atoms with Gasteiger partial charge in [0.05, 0.1) is 5.69 Å². The van der Waals surface area contributed by atoms with Crippen LogP contribution in [0.4, 0.5) is 0 Å². The van der Waals surface area contributed by atoms with Crippen molar-refractivity contribution >= 4 is 16.0 Å². The second kappa shape index (κ2) is 6.21. The monoisotopic (exact) mass is 375 g/mol. The Balaban J connectivity index is 1.84. The van der Waals surface area contributed by atoms with Gasteiger partial charge < -0.3 is 5.11 Å². The lowest BCUT2D eigenvalue weighted by Gasteiger charge is -2.34. The minimum Gasteiger partial charge on any atom is -0.480 e. The van der Waals surface area contributed by atoms with E-state index in [1.807, 2.05) is 12.1 Å². The van der Waals surface area contributed by atoms with Gasteiger partial charge >= 0.3 is 5.97 Å². The molecule has 2 aromatic rings. The first-order valence-corrected chi connectivity index (χ1v) is 10.2. The number of sulfonamides is 1. The molecule has 0 saturated carbocycles. The van der Waals surface area contributed by atoms with Gasteiger partial charge in [-0.2, -0.15) is 9.40 Å². The third kappa shape index (κ3) is 2.55. The number of carbonyl (C=O) groups is 1. The smallest absolute Gasteiger partial charge is 0.326 e. The van der Waals surface area contributed by atoms with Gasteiger partial charge in [-0.05, 0) is 43.2 Å². The molecule has 7 nitrogen and oxygen atoms in total. The molecule has 1 aliphatic carbocycles. The van der Waals surface area contributed by atoms with Crippen LogP contribution in [0.15, 0.2) is 29.3 Å². The van der Waals surface area contributed by atoms with Gasteiger partial charge in [-0.25, -0.2) is 8.42 Å². The molecule has 1 atom stereocenters. The van der Waals surface area contributed by atoms with Crippen molar-refractivity contribution in [1.29, 1.82) is 0 Å². The number of rotatable bonds is 3. The van der Waals surface area contributed by atoms with Crippen LogP contribution in [0.1, 0.15) is 41.3 Å². The summed E-state index contributed by atoms with van der Waals surface area (Å²) in [6.07, 6.45) is 3.85. The van der Waals surface area contributed by atoms with Crippen LogP contribution in [0.25, 0.3) is 0 Å². The fourth-order valence-corrected chi connectivity index (χ4v) is 6.09. The standard InChI is InChI=1S/C18H21N3O4S/c1-20-17(14-8-4-5-9-15(14)19-20)26(24,25)21-11-10-12-6-2-3-7-13(12)16(21)18(22)23/h2-3,6-7,16H,4-5,8-11H2,1H3,(H,22,23). The average molecular weight is 375 g/mol. The maximum atomic E-state index is 13.5. The molecule has 138 valence electrons. The zero-order valence-electron chi connectivity index (χ0n) is 14.6. The van der Waals surface area contributed by atoms with Crippen LogP contribution in [-0.2, 0) is 41.1 Å². The summed E-state index contributed by atoms with van der Waals surface area (Å²) in [6.45, 7) is 0.149. The van der Waals surface area contributed by atoms with Crippen LogP contribution in [0, 0.1) is 0 Å². The highest BCUT2D eigenvalue weighted by Gasteiger charge is 2.43. The zero-order chi connectivity index (χ0) is 18.5. The summed E-state index contributed by atoms with van der Waals surface area (Å²) in [5.74, 6) is -1.16. The van der Waals surface area contributed by atoms with Gasteiger partial charge in [-0.1, -0.05) is 24.3 Å². The summed E-state index contributed by atoms with van der Waals surface area (Å²) in [6, 6.07) is 5.95. The predicted molar refractivity (Wildman–Crippen MR) is 94.3 cm³/mol. The van der Waals surface area contributed by atoms with Crippen LogP contribution < -0.4 is 0 Å². The molecular weight excluding hydrogens is 354 g/mol. The highest BCUT2D eigenvalue weighted by atomic mass is 32.2. The number of hydrogen-bond donors (Lipinski definition) is 1. The number of hydrogen-bond acceptors (Lipinski definition) is 4. The number of aryl methyl sites for hydroxylation is 2. The highest BCUT2D eigenvalue weighted by molar-refractivity contribution is 7.89. The number of aromatic nitrogens is 2. The van der Waals surface area contributed by atoms with E-state index in [1.54, 1.807) is 19.2 Å². The molecule has 0 amide bonds. The van der Waals surface area contributed by atoms with Crippen LogP contribution in [0.2, 0.25) is 0 Å². The minimum atomic E-state index is -3.97. The van der Waals surface area contributed by atoms with Crippen LogP contribution in [0.5, 0.6) is 0 Å². The topological polar surface area (TPSA) is 92.5 Å². The van der Waals surface area contributed by atoms with Crippen molar-refractivity contribution in [1.82, 2.24) is 14.1 Å². The number of aliphatic carboxylic acids is 1. The summed E-state index contributed by atoms with van der Waals surface area (Å²) < 4.78 is 29.5. The maximum Gasteiger partial charge on any atom is 0.326 e. The van der Waals surface area contributed by atoms with Crippen LogP contribution in [0.3, 0.4) is 0 Å². The Hall–Kier alpha value is -2.19. The number of carboxylic acid groups (broad SMARTS) is 1. The largest absolute Gasteiger partial charge is 0.480 e. The van der Waals surface area contributed by atoms with Gasteiger partial charge in [-0.3, -0.25) is 9.48 Å². The second-order valence-electron chi connectivity index (χ2n) is 6.87. The summed E-state index contributed by atoms with van der Waals surface area (Å²) in [4.78, 5) is 12.0. The lowest BCUT2D eigenvalue weighted by Crippen LogP contribution is -2.44. The molecular formula is C18H21N3O4S. The predicted octanol–water partition coefficient (Wildman–Crippen LogP) is 1.67. The van der Waals surface area contributed by atoms with Crippen LogP contribution in [-0.4, -0.2) is 40.1 Å². The van der Waals surface area contributed by atoms with Crippen molar-refractivity contribution < 1.29 is 18.3 Å². The maximum absolute atomic E-state index is 13.5. The van der Waals surface area contributed by atoms with Gasteiger partial charge in [0.25, 0.3) is 10.0 Å². The fourth-order valence-electron chi connectivity index (χ4n) is 4.14. The van der Waals surface area contributed by atoms with Crippen molar-refractivity contribution in [3.05, 3.63) is 46.6 Å². The summed E-state index contributed by atoms with van der Waals surface area (Å²) in [5.41, 5.74) is 3.01. The van der Waals surface area contributed by atoms with E-state index in [4.69, 9.17) is 0 Å². The number of benzene rings is 1. The SMILES string of the molecule is Cn1nc2c(c1S(=O)(=O)N1CCc3ccccc3C1C(=O)O)CCCC2. The molecule has 0 bridgehead atoms. The number of nitrogens with zero attached hydrogens (tertiary/aromatic N) is 3. The van der Waals surface area contributed by atoms with Gasteiger partial charge in [0.1, 0.15) is 6.04 Å². The Morgan fingerprint density at radius 2 is 1.92 bits per heavy atom. The Kier molecular flexibility index (Phi) is 4.11. The van der Waals surface area contributed by atoms with Crippen molar-refractivity contribution in [3.63, 3.8) is 0 Å². The molecule has 0 radical (unpaired) electrons. The van der Waals surface area contributed by atoms with Gasteiger partial charge in [0.2, 0.25) is 0 Å². The molecule has 2 heterocycles. The van der Waals surface area contributed by atoms with E-state index in [-0.39, 0.29) is 11.6 Å². The second-order valence-corrected chi connectivity index (χ2v) is 8.67. The van der Waals surface area contributed by atoms with Crippen molar-refractivity contribution in [2.45, 2.75) is 43.2 Å². The Bertz CT molecular complexity index is 980. The molecule has 0 saturated heterocycles. The molecule has 1 aromatic carbocycles. The first kappa shape index (κ1) is 17.2. The van der Waals surface area contributed by atoms with Crippen LogP contribution >= 0.6 is 0 Å². The van der Waals surface area contributed by atoms with E-state index in [9.17, 15) is 18.3 Å². The average Bonchev–Trinajstić information content (AvgIpc) is 2.96. The molecule has 1 N–H and O–H groups in total.